The molecule has 8 heteroatoms. The average molecular weight is 264 g/mol. The Morgan fingerprint density at radius 2 is 1.94 bits per heavy atom. The number of hydrogen-bond donors (Lipinski definition) is 3. The van der Waals surface area contributed by atoms with Gasteiger partial charge in [-0.25, -0.2) is 9.97 Å². The van der Waals surface area contributed by atoms with Crippen molar-refractivity contribution in [1.29, 1.82) is 0 Å². The van der Waals surface area contributed by atoms with Crippen LogP contribution in [0.25, 0.3) is 0 Å². The topological polar surface area (TPSA) is 70.1 Å². The third-order valence-electron chi connectivity index (χ3n) is 2.30. The van der Waals surface area contributed by atoms with Gasteiger partial charge in [0.2, 0.25) is 5.82 Å². The van der Waals surface area contributed by atoms with E-state index < -0.39 is 12.0 Å². The number of halogens is 3. The van der Waals surface area contributed by atoms with Crippen molar-refractivity contribution in [3.63, 3.8) is 0 Å². The quantitative estimate of drug-likeness (QED) is 0.755. The Labute approximate surface area is 102 Å². The van der Waals surface area contributed by atoms with Crippen LogP contribution >= 0.6 is 0 Å². The molecule has 1 unspecified atom stereocenters. The number of aliphatic hydroxyl groups is 1. The number of nitrogens with one attached hydrogen (secondary N) is 2. The van der Waals surface area contributed by atoms with Crippen LogP contribution in [0.15, 0.2) is 6.07 Å². The number of hydrogen-bond acceptors (Lipinski definition) is 5. The van der Waals surface area contributed by atoms with Gasteiger partial charge in [0.15, 0.2) is 0 Å². The van der Waals surface area contributed by atoms with Crippen LogP contribution in [-0.4, -0.2) is 34.8 Å². The number of alkyl halides is 3. The van der Waals surface area contributed by atoms with E-state index in [1.54, 1.807) is 6.92 Å². The Bertz CT molecular complexity index is 393. The SMILES string of the molecule is CCC(CO)Nc1cc(NC)nc(C(F)(F)F)n1. The first-order valence-corrected chi connectivity index (χ1v) is 5.42. The van der Waals surface area contributed by atoms with E-state index in [4.69, 9.17) is 5.11 Å². The van der Waals surface area contributed by atoms with Crippen molar-refractivity contribution < 1.29 is 18.3 Å². The van der Waals surface area contributed by atoms with Gasteiger partial charge in [0.1, 0.15) is 11.6 Å². The Morgan fingerprint density at radius 3 is 2.39 bits per heavy atom. The Hall–Kier alpha value is -1.57. The molecule has 0 saturated carbocycles. The van der Waals surface area contributed by atoms with E-state index in [2.05, 4.69) is 20.6 Å². The zero-order chi connectivity index (χ0) is 13.8. The van der Waals surface area contributed by atoms with E-state index in [9.17, 15) is 13.2 Å². The third-order valence-corrected chi connectivity index (χ3v) is 2.30. The van der Waals surface area contributed by atoms with Crippen LogP contribution in [0, 0.1) is 0 Å². The van der Waals surface area contributed by atoms with Crippen molar-refractivity contribution in [3.8, 4) is 0 Å². The summed E-state index contributed by atoms with van der Waals surface area (Å²) in [6, 6.07) is 1.01. The first-order chi connectivity index (χ1) is 8.40. The maximum Gasteiger partial charge on any atom is 0.451 e. The molecule has 3 N–H and O–H groups in total. The maximum absolute atomic E-state index is 12.6. The van der Waals surface area contributed by atoms with Gasteiger partial charge in [0.25, 0.3) is 0 Å². The molecule has 5 nitrogen and oxygen atoms in total. The van der Waals surface area contributed by atoms with Crippen molar-refractivity contribution in [1.82, 2.24) is 9.97 Å². The van der Waals surface area contributed by atoms with Crippen LogP contribution in [0.4, 0.5) is 24.8 Å². The zero-order valence-corrected chi connectivity index (χ0v) is 10.0. The van der Waals surface area contributed by atoms with E-state index in [1.807, 2.05) is 0 Å². The Balaban J connectivity index is 3.04. The highest BCUT2D eigenvalue weighted by Gasteiger charge is 2.35. The van der Waals surface area contributed by atoms with E-state index in [1.165, 1.54) is 13.1 Å². The maximum atomic E-state index is 12.6. The van der Waals surface area contributed by atoms with Gasteiger partial charge >= 0.3 is 6.18 Å². The number of aliphatic hydroxyl groups excluding tert-OH is 1. The average Bonchev–Trinajstić information content (AvgIpc) is 2.34. The monoisotopic (exact) mass is 264 g/mol. The molecule has 0 saturated heterocycles. The molecule has 1 atom stereocenters. The van der Waals surface area contributed by atoms with Crippen LogP contribution in [0.5, 0.6) is 0 Å². The summed E-state index contributed by atoms with van der Waals surface area (Å²) in [4.78, 5) is 6.72. The van der Waals surface area contributed by atoms with Crippen LogP contribution in [0.3, 0.4) is 0 Å². The van der Waals surface area contributed by atoms with Gasteiger partial charge in [-0.15, -0.1) is 0 Å². The molecule has 0 radical (unpaired) electrons. The Kier molecular flexibility index (Phi) is 4.71. The number of aromatic nitrogens is 2. The summed E-state index contributed by atoms with van der Waals surface area (Å²) in [6.07, 6.45) is -4.04. The summed E-state index contributed by atoms with van der Waals surface area (Å²) in [6.45, 7) is 1.62. The molecule has 1 rings (SSSR count). The molecule has 0 aromatic carbocycles. The highest BCUT2D eigenvalue weighted by atomic mass is 19.4. The van der Waals surface area contributed by atoms with Crippen molar-refractivity contribution in [2.75, 3.05) is 24.3 Å². The highest BCUT2D eigenvalue weighted by molar-refractivity contribution is 5.48. The normalized spacial score (nSPS) is 13.2. The fourth-order valence-corrected chi connectivity index (χ4v) is 1.26. The molecular formula is C10H15F3N4O. The van der Waals surface area contributed by atoms with Crippen LogP contribution < -0.4 is 10.6 Å². The predicted molar refractivity (Wildman–Crippen MR) is 61.4 cm³/mol. The third kappa shape index (κ3) is 3.73. The summed E-state index contributed by atoms with van der Waals surface area (Å²) in [7, 11) is 1.47. The Morgan fingerprint density at radius 1 is 1.33 bits per heavy atom. The summed E-state index contributed by atoms with van der Waals surface area (Å²) in [5.41, 5.74) is 0. The molecule has 0 aliphatic rings. The second-order valence-corrected chi connectivity index (χ2v) is 3.64. The molecule has 0 aliphatic heterocycles. The molecule has 0 bridgehead atoms. The second-order valence-electron chi connectivity index (χ2n) is 3.64. The van der Waals surface area contributed by atoms with Gasteiger partial charge in [-0.2, -0.15) is 13.2 Å². The lowest BCUT2D eigenvalue weighted by Crippen LogP contribution is -2.24. The molecule has 0 spiro atoms. The van der Waals surface area contributed by atoms with Crippen LogP contribution in [0.1, 0.15) is 19.2 Å². The summed E-state index contributed by atoms with van der Waals surface area (Å²) in [5.74, 6) is -1.13. The van der Waals surface area contributed by atoms with E-state index >= 15 is 0 Å². The molecule has 0 amide bonds. The number of nitrogens with zero attached hydrogens (tertiary/aromatic N) is 2. The van der Waals surface area contributed by atoms with Crippen molar-refractivity contribution in [2.24, 2.45) is 0 Å². The minimum Gasteiger partial charge on any atom is -0.394 e. The second kappa shape index (κ2) is 5.85. The summed E-state index contributed by atoms with van der Waals surface area (Å²) < 4.78 is 37.7. The molecule has 18 heavy (non-hydrogen) atoms. The van der Waals surface area contributed by atoms with E-state index in [0.717, 1.165) is 0 Å². The smallest absolute Gasteiger partial charge is 0.394 e. The lowest BCUT2D eigenvalue weighted by atomic mass is 10.2. The molecule has 1 aromatic rings. The summed E-state index contributed by atoms with van der Waals surface area (Å²) >= 11 is 0. The largest absolute Gasteiger partial charge is 0.451 e. The van der Waals surface area contributed by atoms with Gasteiger partial charge in [0.05, 0.1) is 12.6 Å². The van der Waals surface area contributed by atoms with Gasteiger partial charge in [-0.1, -0.05) is 6.92 Å². The van der Waals surface area contributed by atoms with E-state index in [0.29, 0.717) is 6.42 Å². The van der Waals surface area contributed by atoms with Gasteiger partial charge in [0, 0.05) is 13.1 Å². The minimum absolute atomic E-state index is 0.0302. The van der Waals surface area contributed by atoms with Crippen molar-refractivity contribution in [2.45, 2.75) is 25.6 Å². The predicted octanol–water partition coefficient (Wildman–Crippen LogP) is 1.72. The molecule has 1 heterocycles. The first kappa shape index (κ1) is 14.5. The van der Waals surface area contributed by atoms with Crippen LogP contribution in [-0.2, 0) is 6.18 Å². The fraction of sp³-hybridized carbons (Fsp3) is 0.600. The van der Waals surface area contributed by atoms with Gasteiger partial charge in [-0.05, 0) is 6.42 Å². The summed E-state index contributed by atoms with van der Waals surface area (Å²) in [5, 5.41) is 14.3. The van der Waals surface area contributed by atoms with Crippen LogP contribution in [0.2, 0.25) is 0 Å². The molecular weight excluding hydrogens is 249 g/mol. The minimum atomic E-state index is -4.61. The standard InChI is InChI=1S/C10H15F3N4O/c1-3-6(5-18)15-8-4-7(14-2)16-9(17-8)10(11,12)13/h4,6,18H,3,5H2,1-2H3,(H2,14,15,16,17). The number of rotatable bonds is 5. The molecule has 102 valence electrons. The molecule has 1 aromatic heterocycles. The van der Waals surface area contributed by atoms with Gasteiger partial charge < -0.3 is 15.7 Å². The fourth-order valence-electron chi connectivity index (χ4n) is 1.26. The highest BCUT2D eigenvalue weighted by Crippen LogP contribution is 2.28. The molecule has 0 aliphatic carbocycles. The van der Waals surface area contributed by atoms with Gasteiger partial charge in [-0.3, -0.25) is 0 Å². The van der Waals surface area contributed by atoms with E-state index in [-0.39, 0.29) is 24.3 Å². The lowest BCUT2D eigenvalue weighted by Gasteiger charge is -2.16. The zero-order valence-electron chi connectivity index (χ0n) is 10.0. The van der Waals surface area contributed by atoms with Crippen molar-refractivity contribution in [3.05, 3.63) is 11.9 Å². The number of anilines is 2. The first-order valence-electron chi connectivity index (χ1n) is 5.42. The lowest BCUT2D eigenvalue weighted by molar-refractivity contribution is -0.144. The van der Waals surface area contributed by atoms with Crippen molar-refractivity contribution >= 4 is 11.6 Å². The molecule has 0 fully saturated rings.